The van der Waals surface area contributed by atoms with E-state index in [-0.39, 0.29) is 0 Å². The van der Waals surface area contributed by atoms with Gasteiger partial charge in [-0.25, -0.2) is 4.68 Å². The summed E-state index contributed by atoms with van der Waals surface area (Å²) in [6, 6.07) is 8.59. The van der Waals surface area contributed by atoms with E-state index in [0.29, 0.717) is 11.7 Å². The van der Waals surface area contributed by atoms with E-state index < -0.39 is 0 Å². The zero-order valence-corrected chi connectivity index (χ0v) is 11.0. The molecule has 1 heterocycles. The second-order valence-corrected chi connectivity index (χ2v) is 5.33. The van der Waals surface area contributed by atoms with Crippen LogP contribution in [0.15, 0.2) is 24.3 Å². The lowest BCUT2D eigenvalue weighted by Crippen LogP contribution is -2.02. The Morgan fingerprint density at radius 3 is 2.89 bits per heavy atom. The number of nitrogen functional groups attached to an aromatic ring is 1. The first-order chi connectivity index (χ1) is 8.66. The molecule has 1 aromatic carbocycles. The molecule has 0 unspecified atom stereocenters. The van der Waals surface area contributed by atoms with Crippen LogP contribution in [0.2, 0.25) is 0 Å². The van der Waals surface area contributed by atoms with Gasteiger partial charge < -0.3 is 5.73 Å². The van der Waals surface area contributed by atoms with Crippen LogP contribution in [0.1, 0.15) is 43.0 Å². The molecule has 2 N–H and O–H groups in total. The molecule has 0 fully saturated rings. The van der Waals surface area contributed by atoms with Gasteiger partial charge in [-0.05, 0) is 42.9 Å². The first-order valence-corrected chi connectivity index (χ1v) is 6.63. The van der Waals surface area contributed by atoms with Gasteiger partial charge in [0.15, 0.2) is 0 Å². The van der Waals surface area contributed by atoms with Crippen LogP contribution in [0, 0.1) is 0 Å². The molecule has 1 aromatic heterocycles. The summed E-state index contributed by atoms with van der Waals surface area (Å²) < 4.78 is 2.03. The van der Waals surface area contributed by atoms with Crippen molar-refractivity contribution in [3.05, 3.63) is 41.1 Å². The van der Waals surface area contributed by atoms with Crippen molar-refractivity contribution in [1.29, 1.82) is 0 Å². The van der Waals surface area contributed by atoms with Gasteiger partial charge in [-0.15, -0.1) is 0 Å². The maximum absolute atomic E-state index is 6.00. The van der Waals surface area contributed by atoms with Gasteiger partial charge in [0, 0.05) is 11.3 Å². The highest BCUT2D eigenvalue weighted by molar-refractivity contribution is 5.49. The van der Waals surface area contributed by atoms with Gasteiger partial charge in [0.1, 0.15) is 5.82 Å². The van der Waals surface area contributed by atoms with Gasteiger partial charge >= 0.3 is 0 Å². The number of nitrogens with two attached hydrogens (primary N) is 1. The van der Waals surface area contributed by atoms with Crippen molar-refractivity contribution in [3.63, 3.8) is 0 Å². The Morgan fingerprint density at radius 1 is 1.28 bits per heavy atom. The lowest BCUT2D eigenvalue weighted by atomic mass is 10.0. The Hall–Kier alpha value is -1.77. The maximum atomic E-state index is 6.00. The Kier molecular flexibility index (Phi) is 2.62. The molecule has 3 rings (SSSR count). The fourth-order valence-electron chi connectivity index (χ4n) is 2.70. The molecular formula is C15H19N3. The summed E-state index contributed by atoms with van der Waals surface area (Å²) in [5.41, 5.74) is 11.0. The van der Waals surface area contributed by atoms with Gasteiger partial charge in [0.25, 0.3) is 0 Å². The molecule has 2 aromatic rings. The molecule has 1 aliphatic rings. The first-order valence-electron chi connectivity index (χ1n) is 6.63. The van der Waals surface area contributed by atoms with Crippen molar-refractivity contribution < 1.29 is 0 Å². The molecular weight excluding hydrogens is 222 g/mol. The van der Waals surface area contributed by atoms with Gasteiger partial charge in [-0.3, -0.25) is 0 Å². The fraction of sp³-hybridized carbons (Fsp3) is 0.400. The lowest BCUT2D eigenvalue weighted by Gasteiger charge is -2.10. The minimum atomic E-state index is 0.533. The standard InChI is InChI=1S/C15H19N3/c1-10(2)11-5-3-6-12(9-11)18-14-8-4-7-13(14)15(16)17-18/h3,5-6,9-10H,4,7-8H2,1-2H3,(H2,16,17). The Bertz CT molecular complexity index is 581. The molecule has 0 bridgehead atoms. The summed E-state index contributed by atoms with van der Waals surface area (Å²) in [6.45, 7) is 4.42. The minimum absolute atomic E-state index is 0.533. The number of nitrogens with zero attached hydrogens (tertiary/aromatic N) is 2. The molecule has 18 heavy (non-hydrogen) atoms. The van der Waals surface area contributed by atoms with Crippen molar-refractivity contribution >= 4 is 5.82 Å². The molecule has 94 valence electrons. The third-order valence-corrected chi connectivity index (χ3v) is 3.74. The second-order valence-electron chi connectivity index (χ2n) is 5.33. The second kappa shape index (κ2) is 4.16. The molecule has 0 radical (unpaired) electrons. The van der Waals surface area contributed by atoms with Crippen molar-refractivity contribution in [3.8, 4) is 5.69 Å². The molecule has 0 saturated carbocycles. The Labute approximate surface area is 108 Å². The quantitative estimate of drug-likeness (QED) is 0.878. The number of hydrogen-bond donors (Lipinski definition) is 1. The number of anilines is 1. The topological polar surface area (TPSA) is 43.8 Å². The average Bonchev–Trinajstić information content (AvgIpc) is 2.94. The smallest absolute Gasteiger partial charge is 0.149 e. The van der Waals surface area contributed by atoms with Crippen LogP contribution < -0.4 is 5.73 Å². The highest BCUT2D eigenvalue weighted by atomic mass is 15.3. The van der Waals surface area contributed by atoms with E-state index in [9.17, 15) is 0 Å². The van der Waals surface area contributed by atoms with Gasteiger partial charge in [0.05, 0.1) is 5.69 Å². The van der Waals surface area contributed by atoms with Crippen LogP contribution >= 0.6 is 0 Å². The van der Waals surface area contributed by atoms with Crippen LogP contribution in [-0.4, -0.2) is 9.78 Å². The van der Waals surface area contributed by atoms with Crippen molar-refractivity contribution in [2.45, 2.75) is 39.0 Å². The number of benzene rings is 1. The third-order valence-electron chi connectivity index (χ3n) is 3.74. The van der Waals surface area contributed by atoms with Gasteiger partial charge in [-0.2, -0.15) is 5.10 Å². The summed E-state index contributed by atoms with van der Waals surface area (Å²) in [7, 11) is 0. The third kappa shape index (κ3) is 1.70. The van der Waals surface area contributed by atoms with E-state index in [2.05, 4.69) is 43.2 Å². The summed E-state index contributed by atoms with van der Waals surface area (Å²) in [5.74, 6) is 1.24. The molecule has 1 aliphatic carbocycles. The van der Waals surface area contributed by atoms with Gasteiger partial charge in [-0.1, -0.05) is 26.0 Å². The minimum Gasteiger partial charge on any atom is -0.382 e. The van der Waals surface area contributed by atoms with Crippen molar-refractivity contribution in [2.75, 3.05) is 5.73 Å². The fourth-order valence-corrected chi connectivity index (χ4v) is 2.70. The van der Waals surface area contributed by atoms with E-state index >= 15 is 0 Å². The van der Waals surface area contributed by atoms with Gasteiger partial charge in [0.2, 0.25) is 0 Å². The monoisotopic (exact) mass is 241 g/mol. The molecule has 0 atom stereocenters. The molecule has 0 amide bonds. The average molecular weight is 241 g/mol. The zero-order valence-electron chi connectivity index (χ0n) is 11.0. The number of aromatic nitrogens is 2. The van der Waals surface area contributed by atoms with E-state index in [1.54, 1.807) is 0 Å². The zero-order chi connectivity index (χ0) is 12.7. The normalized spacial score (nSPS) is 14.2. The maximum Gasteiger partial charge on any atom is 0.149 e. The lowest BCUT2D eigenvalue weighted by molar-refractivity contribution is 0.783. The van der Waals surface area contributed by atoms with E-state index in [4.69, 9.17) is 5.73 Å². The first kappa shape index (κ1) is 11.3. The predicted molar refractivity (Wildman–Crippen MR) is 74.1 cm³/mol. The summed E-state index contributed by atoms with van der Waals surface area (Å²) in [6.07, 6.45) is 3.36. The molecule has 0 saturated heterocycles. The molecule has 3 nitrogen and oxygen atoms in total. The molecule has 0 aliphatic heterocycles. The van der Waals surface area contributed by atoms with Crippen LogP contribution in [0.25, 0.3) is 5.69 Å². The highest BCUT2D eigenvalue weighted by Crippen LogP contribution is 2.29. The van der Waals surface area contributed by atoms with Crippen LogP contribution in [0.3, 0.4) is 0 Å². The van der Waals surface area contributed by atoms with Crippen LogP contribution in [0.4, 0.5) is 5.82 Å². The van der Waals surface area contributed by atoms with Crippen molar-refractivity contribution in [2.24, 2.45) is 0 Å². The van der Waals surface area contributed by atoms with Crippen LogP contribution in [-0.2, 0) is 12.8 Å². The summed E-state index contributed by atoms with van der Waals surface area (Å²) in [4.78, 5) is 0. The summed E-state index contributed by atoms with van der Waals surface area (Å²) in [5, 5.41) is 4.50. The number of fused-ring (bicyclic) bond motifs is 1. The highest BCUT2D eigenvalue weighted by Gasteiger charge is 2.21. The number of rotatable bonds is 2. The van der Waals surface area contributed by atoms with E-state index in [0.717, 1.165) is 18.5 Å². The van der Waals surface area contributed by atoms with Crippen LogP contribution in [0.5, 0.6) is 0 Å². The van der Waals surface area contributed by atoms with E-state index in [1.807, 2.05) is 4.68 Å². The Balaban J connectivity index is 2.10. The number of hydrogen-bond acceptors (Lipinski definition) is 2. The predicted octanol–water partition coefficient (Wildman–Crippen LogP) is 3.07. The Morgan fingerprint density at radius 2 is 2.11 bits per heavy atom. The van der Waals surface area contributed by atoms with E-state index in [1.165, 1.54) is 23.2 Å². The summed E-state index contributed by atoms with van der Waals surface area (Å²) >= 11 is 0. The largest absolute Gasteiger partial charge is 0.382 e. The van der Waals surface area contributed by atoms with Crippen molar-refractivity contribution in [1.82, 2.24) is 9.78 Å². The molecule has 0 spiro atoms. The molecule has 3 heteroatoms. The SMILES string of the molecule is CC(C)c1cccc(-n2nc(N)c3c2CCC3)c1.